The van der Waals surface area contributed by atoms with E-state index in [4.69, 9.17) is 9.47 Å². The Hall–Kier alpha value is -2.57. The van der Waals surface area contributed by atoms with Crippen LogP contribution in [0.3, 0.4) is 0 Å². The van der Waals surface area contributed by atoms with Crippen molar-refractivity contribution in [2.75, 3.05) is 19.7 Å². The monoisotopic (exact) mass is 404 g/mol. The van der Waals surface area contributed by atoms with E-state index in [2.05, 4.69) is 5.32 Å². The van der Waals surface area contributed by atoms with E-state index in [1.54, 1.807) is 31.2 Å². The van der Waals surface area contributed by atoms with Crippen molar-refractivity contribution in [2.24, 2.45) is 0 Å². The molecule has 1 N–H and O–H groups in total. The number of hydrogen-bond acceptors (Lipinski definition) is 5. The highest BCUT2D eigenvalue weighted by Gasteiger charge is 2.29. The molecule has 160 valence electrons. The molecule has 0 bridgehead atoms. The van der Waals surface area contributed by atoms with Crippen LogP contribution in [0.25, 0.3) is 0 Å². The Morgan fingerprint density at radius 2 is 1.76 bits per heavy atom. The van der Waals surface area contributed by atoms with Gasteiger partial charge in [-0.15, -0.1) is 0 Å². The third-order valence-corrected chi connectivity index (χ3v) is 5.12. The lowest BCUT2D eigenvalue weighted by Gasteiger charge is -2.35. The first-order chi connectivity index (χ1) is 14.0. The van der Waals surface area contributed by atoms with Crippen molar-refractivity contribution in [2.45, 2.75) is 65.0 Å². The van der Waals surface area contributed by atoms with Crippen molar-refractivity contribution in [1.82, 2.24) is 10.2 Å². The molecule has 0 unspecified atom stereocenters. The predicted molar refractivity (Wildman–Crippen MR) is 110 cm³/mol. The molecular weight excluding hydrogens is 372 g/mol. The van der Waals surface area contributed by atoms with Gasteiger partial charge in [-0.1, -0.05) is 19.3 Å². The van der Waals surface area contributed by atoms with E-state index in [1.807, 2.05) is 18.7 Å². The summed E-state index contributed by atoms with van der Waals surface area (Å²) in [5.74, 6) is -0.522. The van der Waals surface area contributed by atoms with Crippen molar-refractivity contribution >= 4 is 17.8 Å². The Balaban J connectivity index is 1.81. The van der Waals surface area contributed by atoms with E-state index >= 15 is 0 Å². The number of ether oxygens (including phenoxy) is 2. The summed E-state index contributed by atoms with van der Waals surface area (Å²) in [7, 11) is 0. The molecule has 0 aromatic heterocycles. The average molecular weight is 405 g/mol. The van der Waals surface area contributed by atoms with Gasteiger partial charge in [-0.05, 0) is 57.9 Å². The molecule has 1 atom stereocenters. The highest BCUT2D eigenvalue weighted by atomic mass is 16.5. The van der Waals surface area contributed by atoms with Crippen molar-refractivity contribution < 1.29 is 23.9 Å². The lowest BCUT2D eigenvalue weighted by Crippen LogP contribution is -2.47. The highest BCUT2D eigenvalue weighted by Crippen LogP contribution is 2.23. The van der Waals surface area contributed by atoms with Gasteiger partial charge in [-0.2, -0.15) is 0 Å². The number of nitrogens with zero attached hydrogens (tertiary/aromatic N) is 1. The smallest absolute Gasteiger partial charge is 0.326 e. The van der Waals surface area contributed by atoms with Gasteiger partial charge < -0.3 is 19.7 Å². The number of likely N-dealkylation sites (N-methyl/N-ethyl adjacent to an activating group) is 1. The van der Waals surface area contributed by atoms with E-state index in [1.165, 1.54) is 6.42 Å². The molecule has 7 heteroatoms. The first kappa shape index (κ1) is 22.7. The predicted octanol–water partition coefficient (Wildman–Crippen LogP) is 2.93. The number of carbonyl (C=O) groups excluding carboxylic acids is 3. The minimum absolute atomic E-state index is 0.175. The summed E-state index contributed by atoms with van der Waals surface area (Å²) in [6.07, 6.45) is 4.59. The molecule has 2 amide bonds. The number of benzene rings is 1. The van der Waals surface area contributed by atoms with Crippen molar-refractivity contribution in [3.05, 3.63) is 29.8 Å². The van der Waals surface area contributed by atoms with Crippen LogP contribution in [0.1, 0.15) is 63.2 Å². The van der Waals surface area contributed by atoms with Gasteiger partial charge in [0.15, 0.2) is 6.10 Å². The second-order valence-corrected chi connectivity index (χ2v) is 7.19. The zero-order valence-electron chi connectivity index (χ0n) is 17.6. The summed E-state index contributed by atoms with van der Waals surface area (Å²) in [6, 6.07) is 6.87. The summed E-state index contributed by atoms with van der Waals surface area (Å²) in [5.41, 5.74) is 0.417. The molecule has 2 rings (SSSR count). The molecule has 0 saturated heterocycles. The van der Waals surface area contributed by atoms with E-state index in [-0.39, 0.29) is 24.4 Å². The second kappa shape index (κ2) is 11.4. The Morgan fingerprint density at radius 3 is 2.34 bits per heavy atom. The first-order valence-corrected chi connectivity index (χ1v) is 10.5. The van der Waals surface area contributed by atoms with Crippen molar-refractivity contribution in [1.29, 1.82) is 0 Å². The quantitative estimate of drug-likeness (QED) is 0.640. The van der Waals surface area contributed by atoms with Gasteiger partial charge in [0, 0.05) is 18.2 Å². The third-order valence-electron chi connectivity index (χ3n) is 5.12. The van der Waals surface area contributed by atoms with Crippen LogP contribution in [0.5, 0.6) is 5.75 Å². The molecule has 1 aromatic rings. The van der Waals surface area contributed by atoms with Gasteiger partial charge in [0.1, 0.15) is 12.3 Å². The number of esters is 1. The molecule has 0 radical (unpaired) electrons. The van der Waals surface area contributed by atoms with Crippen LogP contribution in [0.15, 0.2) is 24.3 Å². The Morgan fingerprint density at radius 1 is 1.10 bits per heavy atom. The molecule has 0 aliphatic heterocycles. The molecule has 29 heavy (non-hydrogen) atoms. The summed E-state index contributed by atoms with van der Waals surface area (Å²) in [5, 5.41) is 2.52. The first-order valence-electron chi connectivity index (χ1n) is 10.5. The normalized spacial score (nSPS) is 15.3. The molecule has 0 spiro atoms. The maximum absolute atomic E-state index is 12.7. The summed E-state index contributed by atoms with van der Waals surface area (Å²) < 4.78 is 10.6. The molecule has 1 aliphatic carbocycles. The van der Waals surface area contributed by atoms with Crippen LogP contribution in [0.4, 0.5) is 0 Å². The van der Waals surface area contributed by atoms with Crippen LogP contribution < -0.4 is 10.1 Å². The van der Waals surface area contributed by atoms with E-state index in [9.17, 15) is 14.4 Å². The number of hydrogen-bond donors (Lipinski definition) is 1. The second-order valence-electron chi connectivity index (χ2n) is 7.19. The van der Waals surface area contributed by atoms with Crippen LogP contribution in [0, 0.1) is 0 Å². The molecule has 1 aliphatic rings. The number of carbonyl (C=O) groups is 3. The number of rotatable bonds is 9. The maximum atomic E-state index is 12.7. The molecule has 1 fully saturated rings. The van der Waals surface area contributed by atoms with Crippen LogP contribution in [-0.4, -0.2) is 54.5 Å². The van der Waals surface area contributed by atoms with Gasteiger partial charge in [-0.3, -0.25) is 14.4 Å². The average Bonchev–Trinajstić information content (AvgIpc) is 2.74. The molecule has 7 nitrogen and oxygen atoms in total. The molecule has 0 heterocycles. The fourth-order valence-electron chi connectivity index (χ4n) is 3.63. The summed E-state index contributed by atoms with van der Waals surface area (Å²) in [4.78, 5) is 38.8. The van der Waals surface area contributed by atoms with Gasteiger partial charge >= 0.3 is 5.97 Å². The summed E-state index contributed by atoms with van der Waals surface area (Å²) in [6.45, 7) is 6.26. The van der Waals surface area contributed by atoms with Crippen molar-refractivity contribution in [3.8, 4) is 5.75 Å². The SMILES string of the molecule is CCOc1ccc(C(=O)NCC(=O)O[C@@H](C)C(=O)N(CC)C2CCCCC2)cc1. The summed E-state index contributed by atoms with van der Waals surface area (Å²) >= 11 is 0. The minimum Gasteiger partial charge on any atom is -0.494 e. The topological polar surface area (TPSA) is 84.9 Å². The standard InChI is InChI=1S/C22H32N2O5/c1-4-24(18-9-7-6-8-10-18)22(27)16(3)29-20(25)15-23-21(26)17-11-13-19(14-12-17)28-5-2/h11-14,16,18H,4-10,15H2,1-3H3,(H,23,26)/t16-/m0/s1. The van der Waals surface area contributed by atoms with Crippen molar-refractivity contribution in [3.63, 3.8) is 0 Å². The van der Waals surface area contributed by atoms with Gasteiger partial charge in [0.05, 0.1) is 6.61 Å². The van der Waals surface area contributed by atoms with Crippen LogP contribution >= 0.6 is 0 Å². The lowest BCUT2D eigenvalue weighted by molar-refractivity contribution is -0.159. The molecule has 1 saturated carbocycles. The van der Waals surface area contributed by atoms with Gasteiger partial charge in [0.25, 0.3) is 11.8 Å². The lowest BCUT2D eigenvalue weighted by atomic mass is 9.94. The van der Waals surface area contributed by atoms with Crippen LogP contribution in [0.2, 0.25) is 0 Å². The highest BCUT2D eigenvalue weighted by molar-refractivity contribution is 5.96. The Kier molecular flexibility index (Phi) is 8.96. The molecule has 1 aromatic carbocycles. The molecular formula is C22H32N2O5. The number of amides is 2. The maximum Gasteiger partial charge on any atom is 0.326 e. The fraction of sp³-hybridized carbons (Fsp3) is 0.591. The van der Waals surface area contributed by atoms with Gasteiger partial charge in [-0.25, -0.2) is 0 Å². The zero-order valence-corrected chi connectivity index (χ0v) is 17.6. The third kappa shape index (κ3) is 6.76. The largest absolute Gasteiger partial charge is 0.494 e. The van der Waals surface area contributed by atoms with E-state index in [0.717, 1.165) is 25.7 Å². The van der Waals surface area contributed by atoms with E-state index in [0.29, 0.717) is 24.5 Å². The Labute approximate surface area is 172 Å². The minimum atomic E-state index is -0.869. The van der Waals surface area contributed by atoms with Gasteiger partial charge in [0.2, 0.25) is 0 Å². The fourth-order valence-corrected chi connectivity index (χ4v) is 3.63. The number of nitrogens with one attached hydrogen (secondary N) is 1. The van der Waals surface area contributed by atoms with E-state index < -0.39 is 12.1 Å². The Bertz CT molecular complexity index is 683. The van der Waals surface area contributed by atoms with Crippen LogP contribution in [-0.2, 0) is 14.3 Å². The zero-order chi connectivity index (χ0) is 21.2.